The number of nitro benzene ring substituents is 1. The lowest BCUT2D eigenvalue weighted by atomic mass is 10.2. The predicted molar refractivity (Wildman–Crippen MR) is 62.0 cm³/mol. The molecule has 0 amide bonds. The number of hydrogen-bond donors (Lipinski definition) is 1. The lowest BCUT2D eigenvalue weighted by molar-refractivity contribution is -0.384. The third-order valence-electron chi connectivity index (χ3n) is 2.16. The molecule has 0 saturated heterocycles. The number of nitrogens with zero attached hydrogens (tertiary/aromatic N) is 3. The highest BCUT2D eigenvalue weighted by Gasteiger charge is 2.16. The fraction of sp³-hybridized carbons (Fsp3) is 0.200. The second-order valence-electron chi connectivity index (χ2n) is 3.59. The first-order valence-corrected chi connectivity index (χ1v) is 5.32. The van der Waals surface area contributed by atoms with Crippen LogP contribution in [-0.2, 0) is 0 Å². The standard InChI is InChI=1S/C10H8ClN3O4/c1-5(15)9-12-10(18-13-9)6-2-7(11)4-8(3-6)14(16)17/h2-5,15H,1H3. The number of rotatable bonds is 3. The minimum atomic E-state index is -0.878. The van der Waals surface area contributed by atoms with Crippen LogP contribution in [0, 0.1) is 10.1 Å². The summed E-state index contributed by atoms with van der Waals surface area (Å²) < 4.78 is 4.90. The van der Waals surface area contributed by atoms with Crippen molar-refractivity contribution in [1.29, 1.82) is 0 Å². The van der Waals surface area contributed by atoms with Gasteiger partial charge in [-0.05, 0) is 13.0 Å². The van der Waals surface area contributed by atoms with Crippen molar-refractivity contribution < 1.29 is 14.6 Å². The number of halogens is 1. The van der Waals surface area contributed by atoms with Crippen molar-refractivity contribution >= 4 is 17.3 Å². The summed E-state index contributed by atoms with van der Waals surface area (Å²) in [6.45, 7) is 1.48. The van der Waals surface area contributed by atoms with Gasteiger partial charge in [0.05, 0.1) is 4.92 Å². The molecule has 7 nitrogen and oxygen atoms in total. The summed E-state index contributed by atoms with van der Waals surface area (Å²) in [4.78, 5) is 14.0. The quantitative estimate of drug-likeness (QED) is 0.678. The zero-order valence-corrected chi connectivity index (χ0v) is 9.96. The van der Waals surface area contributed by atoms with Crippen LogP contribution in [0.25, 0.3) is 11.5 Å². The first-order valence-electron chi connectivity index (χ1n) is 4.94. The molecular formula is C10H8ClN3O4. The van der Waals surface area contributed by atoms with Crippen molar-refractivity contribution in [2.45, 2.75) is 13.0 Å². The molecule has 1 aromatic carbocycles. The van der Waals surface area contributed by atoms with Gasteiger partial charge >= 0.3 is 0 Å². The number of aliphatic hydroxyl groups is 1. The van der Waals surface area contributed by atoms with Gasteiger partial charge in [-0.15, -0.1) is 0 Å². The van der Waals surface area contributed by atoms with Gasteiger partial charge in [-0.1, -0.05) is 16.8 Å². The Morgan fingerprint density at radius 2 is 2.22 bits per heavy atom. The van der Waals surface area contributed by atoms with E-state index < -0.39 is 11.0 Å². The number of aliphatic hydroxyl groups excluding tert-OH is 1. The molecule has 1 aromatic heterocycles. The van der Waals surface area contributed by atoms with E-state index in [9.17, 15) is 15.2 Å². The van der Waals surface area contributed by atoms with Gasteiger partial charge in [0.2, 0.25) is 0 Å². The third-order valence-corrected chi connectivity index (χ3v) is 2.37. The SMILES string of the molecule is CC(O)c1noc(-c2cc(Cl)cc([N+](=O)[O-])c2)n1. The van der Waals surface area contributed by atoms with Gasteiger partial charge in [0, 0.05) is 22.7 Å². The monoisotopic (exact) mass is 269 g/mol. The molecule has 1 N–H and O–H groups in total. The van der Waals surface area contributed by atoms with Crippen LogP contribution in [0.15, 0.2) is 22.7 Å². The van der Waals surface area contributed by atoms with E-state index in [1.54, 1.807) is 0 Å². The number of aromatic nitrogens is 2. The number of hydrogen-bond acceptors (Lipinski definition) is 6. The second kappa shape index (κ2) is 4.71. The highest BCUT2D eigenvalue weighted by Crippen LogP contribution is 2.27. The molecule has 94 valence electrons. The van der Waals surface area contributed by atoms with Gasteiger partial charge in [-0.25, -0.2) is 0 Å². The van der Waals surface area contributed by atoms with E-state index >= 15 is 0 Å². The smallest absolute Gasteiger partial charge is 0.271 e. The fourth-order valence-electron chi connectivity index (χ4n) is 1.32. The molecule has 0 spiro atoms. The molecule has 18 heavy (non-hydrogen) atoms. The van der Waals surface area contributed by atoms with Gasteiger partial charge in [-0.2, -0.15) is 4.98 Å². The molecule has 0 aliphatic carbocycles. The molecule has 0 radical (unpaired) electrons. The van der Waals surface area contributed by atoms with Crippen LogP contribution in [-0.4, -0.2) is 20.2 Å². The summed E-state index contributed by atoms with van der Waals surface area (Å²) in [5, 5.41) is 23.7. The van der Waals surface area contributed by atoms with Gasteiger partial charge in [0.1, 0.15) is 6.10 Å². The summed E-state index contributed by atoms with van der Waals surface area (Å²) in [5.41, 5.74) is 0.155. The van der Waals surface area contributed by atoms with Gasteiger partial charge in [0.25, 0.3) is 11.6 Å². The number of nitro groups is 1. The Labute approximate surface area is 106 Å². The molecule has 1 atom stereocenters. The van der Waals surface area contributed by atoms with Crippen molar-refractivity contribution in [3.8, 4) is 11.5 Å². The maximum Gasteiger partial charge on any atom is 0.271 e. The molecule has 8 heteroatoms. The normalized spacial score (nSPS) is 12.4. The Morgan fingerprint density at radius 3 is 2.78 bits per heavy atom. The lowest BCUT2D eigenvalue weighted by Crippen LogP contribution is -1.93. The van der Waals surface area contributed by atoms with E-state index in [0.29, 0.717) is 5.56 Å². The average molecular weight is 270 g/mol. The predicted octanol–water partition coefficient (Wildman–Crippen LogP) is 2.35. The van der Waals surface area contributed by atoms with Crippen molar-refractivity contribution in [2.24, 2.45) is 0 Å². The molecule has 1 unspecified atom stereocenters. The zero-order valence-electron chi connectivity index (χ0n) is 9.20. The molecule has 2 rings (SSSR count). The molecule has 0 aliphatic rings. The Hall–Kier alpha value is -1.99. The zero-order chi connectivity index (χ0) is 13.3. The van der Waals surface area contributed by atoms with Crippen LogP contribution < -0.4 is 0 Å². The molecule has 0 fully saturated rings. The van der Waals surface area contributed by atoms with Crippen LogP contribution in [0.2, 0.25) is 5.02 Å². The van der Waals surface area contributed by atoms with E-state index in [2.05, 4.69) is 10.1 Å². The summed E-state index contributed by atoms with van der Waals surface area (Å²) in [7, 11) is 0. The van der Waals surface area contributed by atoms with Crippen LogP contribution in [0.1, 0.15) is 18.9 Å². The van der Waals surface area contributed by atoms with Crippen molar-refractivity contribution in [2.75, 3.05) is 0 Å². The van der Waals surface area contributed by atoms with Crippen molar-refractivity contribution in [1.82, 2.24) is 10.1 Å². The average Bonchev–Trinajstić information content (AvgIpc) is 2.77. The maximum absolute atomic E-state index is 10.7. The Kier molecular flexibility index (Phi) is 3.26. The first-order chi connectivity index (χ1) is 8.47. The maximum atomic E-state index is 10.7. The van der Waals surface area contributed by atoms with E-state index in [1.807, 2.05) is 0 Å². The largest absolute Gasteiger partial charge is 0.385 e. The van der Waals surface area contributed by atoms with Gasteiger partial charge in [-0.3, -0.25) is 10.1 Å². The Morgan fingerprint density at radius 1 is 1.50 bits per heavy atom. The van der Waals surface area contributed by atoms with Crippen LogP contribution in [0.3, 0.4) is 0 Å². The summed E-state index contributed by atoms with van der Waals surface area (Å²) >= 11 is 5.77. The molecule has 1 heterocycles. The van der Waals surface area contributed by atoms with Crippen LogP contribution >= 0.6 is 11.6 Å². The third kappa shape index (κ3) is 2.47. The van der Waals surface area contributed by atoms with Crippen LogP contribution in [0.4, 0.5) is 5.69 Å². The lowest BCUT2D eigenvalue weighted by Gasteiger charge is -1.97. The van der Waals surface area contributed by atoms with E-state index in [0.717, 1.165) is 0 Å². The minimum Gasteiger partial charge on any atom is -0.385 e. The number of benzene rings is 1. The topological polar surface area (TPSA) is 102 Å². The Bertz CT molecular complexity index is 597. The molecular weight excluding hydrogens is 262 g/mol. The first kappa shape index (κ1) is 12.5. The minimum absolute atomic E-state index is 0.0662. The number of non-ortho nitro benzene ring substituents is 1. The highest BCUT2D eigenvalue weighted by molar-refractivity contribution is 6.31. The highest BCUT2D eigenvalue weighted by atomic mass is 35.5. The molecule has 0 saturated carbocycles. The van der Waals surface area contributed by atoms with E-state index in [4.69, 9.17) is 16.1 Å². The molecule has 2 aromatic rings. The van der Waals surface area contributed by atoms with Gasteiger partial charge < -0.3 is 9.63 Å². The summed E-state index contributed by atoms with van der Waals surface area (Å²) in [6.07, 6.45) is -0.878. The van der Waals surface area contributed by atoms with E-state index in [-0.39, 0.29) is 22.4 Å². The molecule has 0 bridgehead atoms. The van der Waals surface area contributed by atoms with Crippen LogP contribution in [0.5, 0.6) is 0 Å². The van der Waals surface area contributed by atoms with Crippen molar-refractivity contribution in [3.63, 3.8) is 0 Å². The second-order valence-corrected chi connectivity index (χ2v) is 4.03. The molecule has 0 aliphatic heterocycles. The Balaban J connectivity index is 2.46. The summed E-state index contributed by atoms with van der Waals surface area (Å²) in [6, 6.07) is 3.95. The summed E-state index contributed by atoms with van der Waals surface area (Å²) in [5.74, 6) is 0.170. The fourth-order valence-corrected chi connectivity index (χ4v) is 1.55. The van der Waals surface area contributed by atoms with Gasteiger partial charge in [0.15, 0.2) is 5.82 Å². The van der Waals surface area contributed by atoms with E-state index in [1.165, 1.54) is 25.1 Å². The van der Waals surface area contributed by atoms with Crippen molar-refractivity contribution in [3.05, 3.63) is 39.2 Å².